The van der Waals surface area contributed by atoms with Gasteiger partial charge in [-0.05, 0) is 19.9 Å². The number of aromatic carboxylic acids is 1. The molecule has 1 aliphatic heterocycles. The zero-order chi connectivity index (χ0) is 13.1. The minimum atomic E-state index is -1.11. The number of nitrogens with zero attached hydrogens (tertiary/aromatic N) is 3. The first-order valence-electron chi connectivity index (χ1n) is 5.29. The predicted molar refractivity (Wildman–Crippen MR) is 65.8 cm³/mol. The lowest BCUT2D eigenvalue weighted by atomic mass is 9.90. The molecule has 0 atom stereocenters. The van der Waals surface area contributed by atoms with Gasteiger partial charge >= 0.3 is 13.4 Å². The van der Waals surface area contributed by atoms with Gasteiger partial charge in [0.05, 0.1) is 17.6 Å². The van der Waals surface area contributed by atoms with Crippen LogP contribution in [0.4, 0.5) is 0 Å². The first-order chi connectivity index (χ1) is 8.56. The van der Waals surface area contributed by atoms with Gasteiger partial charge in [-0.25, -0.2) is 14.8 Å². The van der Waals surface area contributed by atoms with E-state index in [1.54, 1.807) is 13.0 Å². The van der Waals surface area contributed by atoms with Gasteiger partial charge < -0.3 is 15.2 Å². The number of hydrogen-bond acceptors (Lipinski definition) is 6. The van der Waals surface area contributed by atoms with E-state index in [0.717, 1.165) is 5.71 Å². The Kier molecular flexibility index (Phi) is 3.27. The Labute approximate surface area is 104 Å². The van der Waals surface area contributed by atoms with Gasteiger partial charge in [-0.3, -0.25) is 0 Å². The number of rotatable bonds is 3. The van der Waals surface area contributed by atoms with Crippen LogP contribution in [0.3, 0.4) is 0 Å². The summed E-state index contributed by atoms with van der Waals surface area (Å²) in [6.07, 6.45) is 2.95. The standard InChI is InChI=1S/C10H11BN4O3/c1-5-3-8(11-15-14-5)18-9-6(2)13-7(4-12-9)10(16)17/h3-4,11,15H,1-2H3,(H,16,17). The first kappa shape index (κ1) is 12.1. The Bertz CT molecular complexity index is 556. The van der Waals surface area contributed by atoms with E-state index in [4.69, 9.17) is 9.84 Å². The van der Waals surface area contributed by atoms with Crippen LogP contribution in [-0.2, 0) is 0 Å². The number of aryl methyl sites for hydroxylation is 1. The van der Waals surface area contributed by atoms with Crippen molar-refractivity contribution < 1.29 is 14.6 Å². The lowest BCUT2D eigenvalue weighted by Gasteiger charge is -2.13. The third-order valence-electron chi connectivity index (χ3n) is 2.23. The minimum absolute atomic E-state index is 0.103. The van der Waals surface area contributed by atoms with Gasteiger partial charge in [0.25, 0.3) is 0 Å². The van der Waals surface area contributed by atoms with E-state index >= 15 is 0 Å². The van der Waals surface area contributed by atoms with Crippen LogP contribution in [0.2, 0.25) is 0 Å². The maximum absolute atomic E-state index is 10.7. The molecule has 0 saturated carbocycles. The number of hydrogen-bond donors (Lipinski definition) is 2. The predicted octanol–water partition coefficient (Wildman–Crippen LogP) is 0.0340. The maximum Gasteiger partial charge on any atom is 0.356 e. The van der Waals surface area contributed by atoms with Gasteiger partial charge in [-0.2, -0.15) is 5.10 Å². The van der Waals surface area contributed by atoms with E-state index in [-0.39, 0.29) is 5.69 Å². The highest BCUT2D eigenvalue weighted by molar-refractivity contribution is 6.43. The highest BCUT2D eigenvalue weighted by Crippen LogP contribution is 2.15. The normalized spacial score (nSPS) is 13.9. The van der Waals surface area contributed by atoms with Gasteiger partial charge in [0, 0.05) is 0 Å². The Balaban J connectivity index is 2.20. The molecule has 0 amide bonds. The summed E-state index contributed by atoms with van der Waals surface area (Å²) >= 11 is 0. The molecule has 0 bridgehead atoms. The van der Waals surface area contributed by atoms with E-state index in [1.165, 1.54) is 6.20 Å². The van der Waals surface area contributed by atoms with Crippen LogP contribution in [-0.4, -0.2) is 34.2 Å². The van der Waals surface area contributed by atoms with Crippen LogP contribution in [0.25, 0.3) is 0 Å². The lowest BCUT2D eigenvalue weighted by Crippen LogP contribution is -2.25. The van der Waals surface area contributed by atoms with Gasteiger partial charge in [-0.15, -0.1) is 0 Å². The van der Waals surface area contributed by atoms with E-state index < -0.39 is 5.97 Å². The Morgan fingerprint density at radius 3 is 2.89 bits per heavy atom. The largest absolute Gasteiger partial charge is 0.476 e. The second kappa shape index (κ2) is 4.86. The number of ether oxygens (including phenoxy) is 1. The monoisotopic (exact) mass is 246 g/mol. The molecule has 8 heteroatoms. The van der Waals surface area contributed by atoms with Crippen molar-refractivity contribution in [1.82, 2.24) is 15.3 Å². The molecule has 0 aromatic carbocycles. The van der Waals surface area contributed by atoms with Crippen molar-refractivity contribution in [3.63, 3.8) is 0 Å². The molecule has 0 aliphatic carbocycles. The molecule has 0 saturated heterocycles. The van der Waals surface area contributed by atoms with Crippen molar-refractivity contribution in [2.24, 2.45) is 5.10 Å². The number of allylic oxidation sites excluding steroid dienone is 1. The number of carbonyl (C=O) groups is 1. The summed E-state index contributed by atoms with van der Waals surface area (Å²) in [7, 11) is 0.457. The number of carboxylic acids is 1. The fraction of sp³-hybridized carbons (Fsp3) is 0.200. The second-order valence-electron chi connectivity index (χ2n) is 3.75. The van der Waals surface area contributed by atoms with E-state index in [1.807, 2.05) is 6.92 Å². The summed E-state index contributed by atoms with van der Waals surface area (Å²) < 4.78 is 5.54. The highest BCUT2D eigenvalue weighted by Gasteiger charge is 2.13. The number of hydrazone groups is 1. The van der Waals surface area contributed by atoms with Crippen molar-refractivity contribution >= 4 is 19.1 Å². The summed E-state index contributed by atoms with van der Waals surface area (Å²) in [6, 6.07) is 0. The molecule has 0 spiro atoms. The summed E-state index contributed by atoms with van der Waals surface area (Å²) in [6.45, 7) is 3.48. The highest BCUT2D eigenvalue weighted by atomic mass is 16.5. The van der Waals surface area contributed by atoms with Gasteiger partial charge in [0.2, 0.25) is 5.88 Å². The quantitative estimate of drug-likeness (QED) is 0.730. The van der Waals surface area contributed by atoms with Crippen LogP contribution in [0.5, 0.6) is 5.88 Å². The molecule has 2 heterocycles. The molecule has 7 nitrogen and oxygen atoms in total. The zero-order valence-electron chi connectivity index (χ0n) is 9.97. The second-order valence-corrected chi connectivity index (χ2v) is 3.75. The minimum Gasteiger partial charge on any atom is -0.476 e. The van der Waals surface area contributed by atoms with Gasteiger partial charge in [-0.1, -0.05) is 0 Å². The molecule has 1 aromatic rings. The molecule has 2 rings (SSSR count). The molecule has 1 aromatic heterocycles. The maximum atomic E-state index is 10.7. The van der Waals surface area contributed by atoms with Gasteiger partial charge in [0.1, 0.15) is 5.69 Å². The summed E-state index contributed by atoms with van der Waals surface area (Å²) in [5.74, 6) is -0.818. The molecular weight excluding hydrogens is 235 g/mol. The van der Waals surface area contributed by atoms with E-state index in [9.17, 15) is 4.79 Å². The fourth-order valence-corrected chi connectivity index (χ4v) is 1.42. The van der Waals surface area contributed by atoms with E-state index in [2.05, 4.69) is 20.4 Å². The van der Waals surface area contributed by atoms with Crippen LogP contribution < -0.4 is 10.1 Å². The first-order valence-corrected chi connectivity index (χ1v) is 5.29. The fourth-order valence-electron chi connectivity index (χ4n) is 1.42. The van der Waals surface area contributed by atoms with Crippen molar-refractivity contribution in [3.8, 4) is 5.88 Å². The Morgan fingerprint density at radius 1 is 1.50 bits per heavy atom. The summed E-state index contributed by atoms with van der Waals surface area (Å²) in [5, 5.41) is 15.6. The SMILES string of the molecule is CC1=NNBC(Oc2ncc(C(=O)O)nc2C)=C1. The van der Waals surface area contributed by atoms with Crippen LogP contribution in [0, 0.1) is 6.92 Å². The zero-order valence-corrected chi connectivity index (χ0v) is 9.97. The number of aromatic nitrogens is 2. The average Bonchev–Trinajstić information content (AvgIpc) is 2.31. The Morgan fingerprint density at radius 2 is 2.28 bits per heavy atom. The van der Waals surface area contributed by atoms with Crippen molar-refractivity contribution in [2.75, 3.05) is 0 Å². The lowest BCUT2D eigenvalue weighted by molar-refractivity contribution is 0.0689. The molecule has 2 N–H and O–H groups in total. The third kappa shape index (κ3) is 2.65. The van der Waals surface area contributed by atoms with Crippen LogP contribution in [0.1, 0.15) is 23.1 Å². The van der Waals surface area contributed by atoms with Crippen molar-refractivity contribution in [1.29, 1.82) is 0 Å². The molecule has 0 fully saturated rings. The van der Waals surface area contributed by atoms with Crippen LogP contribution >= 0.6 is 0 Å². The van der Waals surface area contributed by atoms with Gasteiger partial charge in [0.15, 0.2) is 5.69 Å². The van der Waals surface area contributed by atoms with Crippen molar-refractivity contribution in [2.45, 2.75) is 13.8 Å². The molecule has 0 radical (unpaired) electrons. The molecule has 0 unspecified atom stereocenters. The Hall–Kier alpha value is -2.38. The van der Waals surface area contributed by atoms with Crippen LogP contribution in [0.15, 0.2) is 23.0 Å². The molecule has 18 heavy (non-hydrogen) atoms. The molecular formula is C10H11BN4O3. The molecule has 1 aliphatic rings. The number of nitrogens with one attached hydrogen (secondary N) is 1. The summed E-state index contributed by atoms with van der Waals surface area (Å²) in [4.78, 5) is 18.6. The molecule has 92 valence electrons. The topological polar surface area (TPSA) is 96.7 Å². The smallest absolute Gasteiger partial charge is 0.356 e. The average molecular weight is 246 g/mol. The van der Waals surface area contributed by atoms with E-state index in [0.29, 0.717) is 24.6 Å². The number of carboxylic acid groups (broad SMARTS) is 1. The summed E-state index contributed by atoms with van der Waals surface area (Å²) in [5.41, 5.74) is 1.77. The van der Waals surface area contributed by atoms with Crippen molar-refractivity contribution in [3.05, 3.63) is 29.3 Å². The third-order valence-corrected chi connectivity index (χ3v) is 2.23.